The third-order valence-corrected chi connectivity index (χ3v) is 3.30. The lowest BCUT2D eigenvalue weighted by Crippen LogP contribution is -2.15. The van der Waals surface area contributed by atoms with Gasteiger partial charge in [-0.3, -0.25) is 4.90 Å². The normalized spacial score (nSPS) is 14.3. The molecule has 1 heterocycles. The van der Waals surface area contributed by atoms with Gasteiger partial charge in [-0.15, -0.1) is 5.10 Å². The summed E-state index contributed by atoms with van der Waals surface area (Å²) in [5.41, 5.74) is 0.940. The zero-order valence-corrected chi connectivity index (χ0v) is 11.7. The molecular weight excluding hydrogens is 256 g/mol. The summed E-state index contributed by atoms with van der Waals surface area (Å²) >= 11 is 0. The fourth-order valence-electron chi connectivity index (χ4n) is 1.90. The SMILES string of the molecule is COc1cccc(N(C)c2nnc(CNC3CC3)o2)c1. The molecule has 1 aromatic heterocycles. The number of nitrogens with one attached hydrogen (secondary N) is 1. The van der Waals surface area contributed by atoms with Gasteiger partial charge in [0.05, 0.1) is 13.7 Å². The molecule has 0 aliphatic heterocycles. The number of aromatic nitrogens is 2. The van der Waals surface area contributed by atoms with Crippen molar-refractivity contribution in [1.82, 2.24) is 15.5 Å². The van der Waals surface area contributed by atoms with Gasteiger partial charge in [-0.25, -0.2) is 0 Å². The van der Waals surface area contributed by atoms with Crippen molar-refractivity contribution < 1.29 is 9.15 Å². The molecule has 6 nitrogen and oxygen atoms in total. The Balaban J connectivity index is 1.70. The number of benzene rings is 1. The summed E-state index contributed by atoms with van der Waals surface area (Å²) in [7, 11) is 3.54. The van der Waals surface area contributed by atoms with E-state index in [1.807, 2.05) is 36.2 Å². The first-order valence-corrected chi connectivity index (χ1v) is 6.70. The maximum absolute atomic E-state index is 5.65. The van der Waals surface area contributed by atoms with Crippen molar-refractivity contribution in [3.05, 3.63) is 30.2 Å². The average Bonchev–Trinajstić information content (AvgIpc) is 3.21. The van der Waals surface area contributed by atoms with E-state index in [9.17, 15) is 0 Å². The minimum Gasteiger partial charge on any atom is -0.497 e. The Morgan fingerprint density at radius 2 is 2.25 bits per heavy atom. The molecule has 106 valence electrons. The molecule has 0 amide bonds. The van der Waals surface area contributed by atoms with Gasteiger partial charge in [-0.05, 0) is 25.0 Å². The fourth-order valence-corrected chi connectivity index (χ4v) is 1.90. The molecular formula is C14H18N4O2. The number of anilines is 2. The molecule has 0 saturated heterocycles. The number of nitrogens with zero attached hydrogens (tertiary/aromatic N) is 3. The van der Waals surface area contributed by atoms with Crippen LogP contribution in [0.2, 0.25) is 0 Å². The molecule has 0 radical (unpaired) electrons. The zero-order valence-electron chi connectivity index (χ0n) is 11.7. The largest absolute Gasteiger partial charge is 0.497 e. The molecule has 1 fully saturated rings. The second-order valence-electron chi connectivity index (χ2n) is 4.89. The third-order valence-electron chi connectivity index (χ3n) is 3.30. The summed E-state index contributed by atoms with van der Waals surface area (Å²) in [5, 5.41) is 11.5. The van der Waals surface area contributed by atoms with Gasteiger partial charge in [0.2, 0.25) is 5.89 Å². The summed E-state index contributed by atoms with van der Waals surface area (Å²) in [4.78, 5) is 1.84. The molecule has 0 bridgehead atoms. The lowest BCUT2D eigenvalue weighted by molar-refractivity contribution is 0.415. The van der Waals surface area contributed by atoms with E-state index < -0.39 is 0 Å². The van der Waals surface area contributed by atoms with Gasteiger partial charge in [0.1, 0.15) is 5.75 Å². The first-order chi connectivity index (χ1) is 9.76. The molecule has 1 aromatic carbocycles. The number of rotatable bonds is 6. The molecule has 0 atom stereocenters. The highest BCUT2D eigenvalue weighted by atomic mass is 16.5. The molecule has 6 heteroatoms. The van der Waals surface area contributed by atoms with Crippen LogP contribution in [0.4, 0.5) is 11.7 Å². The van der Waals surface area contributed by atoms with Gasteiger partial charge in [-0.1, -0.05) is 11.2 Å². The highest BCUT2D eigenvalue weighted by molar-refractivity contribution is 5.57. The van der Waals surface area contributed by atoms with Crippen LogP contribution in [0.1, 0.15) is 18.7 Å². The lowest BCUT2D eigenvalue weighted by atomic mass is 10.3. The summed E-state index contributed by atoms with van der Waals surface area (Å²) < 4.78 is 10.9. The Morgan fingerprint density at radius 3 is 3.00 bits per heavy atom. The quantitative estimate of drug-likeness (QED) is 0.870. The Hall–Kier alpha value is -2.08. The summed E-state index contributed by atoms with van der Waals surface area (Å²) in [6.45, 7) is 0.629. The van der Waals surface area contributed by atoms with Gasteiger partial charge < -0.3 is 14.5 Å². The van der Waals surface area contributed by atoms with Crippen LogP contribution in [0.15, 0.2) is 28.7 Å². The van der Waals surface area contributed by atoms with Crippen molar-refractivity contribution in [1.29, 1.82) is 0 Å². The predicted molar refractivity (Wildman–Crippen MR) is 75.2 cm³/mol. The van der Waals surface area contributed by atoms with Crippen LogP contribution in [-0.4, -0.2) is 30.4 Å². The van der Waals surface area contributed by atoms with Crippen molar-refractivity contribution in [2.24, 2.45) is 0 Å². The molecule has 1 saturated carbocycles. The highest BCUT2D eigenvalue weighted by Crippen LogP contribution is 2.26. The molecule has 2 aromatic rings. The minimum atomic E-state index is 0.478. The van der Waals surface area contributed by atoms with Crippen molar-refractivity contribution in [2.45, 2.75) is 25.4 Å². The van der Waals surface area contributed by atoms with Crippen LogP contribution in [0.25, 0.3) is 0 Å². The smallest absolute Gasteiger partial charge is 0.322 e. The van der Waals surface area contributed by atoms with Gasteiger partial charge in [0, 0.05) is 24.8 Å². The Labute approximate surface area is 117 Å². The fraction of sp³-hybridized carbons (Fsp3) is 0.429. The highest BCUT2D eigenvalue weighted by Gasteiger charge is 2.21. The van der Waals surface area contributed by atoms with Gasteiger partial charge in [-0.2, -0.15) is 0 Å². The molecule has 1 aliphatic rings. The molecule has 1 aliphatic carbocycles. The van der Waals surface area contributed by atoms with Crippen LogP contribution in [0, 0.1) is 0 Å². The topological polar surface area (TPSA) is 63.4 Å². The summed E-state index contributed by atoms with van der Waals surface area (Å²) in [5.74, 6) is 1.41. The van der Waals surface area contributed by atoms with E-state index in [1.54, 1.807) is 7.11 Å². The first kappa shape index (κ1) is 12.9. The van der Waals surface area contributed by atoms with Gasteiger partial charge in [0.25, 0.3) is 0 Å². The van der Waals surface area contributed by atoms with Crippen LogP contribution >= 0.6 is 0 Å². The summed E-state index contributed by atoms with van der Waals surface area (Å²) in [6.07, 6.45) is 2.48. The third kappa shape index (κ3) is 2.91. The monoisotopic (exact) mass is 274 g/mol. The van der Waals surface area contributed by atoms with Crippen molar-refractivity contribution in [3.63, 3.8) is 0 Å². The van der Waals surface area contributed by atoms with Crippen LogP contribution in [0.5, 0.6) is 5.75 Å². The Kier molecular flexibility index (Phi) is 3.56. The summed E-state index contributed by atoms with van der Waals surface area (Å²) in [6, 6.07) is 8.82. The number of hydrogen-bond acceptors (Lipinski definition) is 6. The van der Waals surface area contributed by atoms with Crippen LogP contribution in [-0.2, 0) is 6.54 Å². The Bertz CT molecular complexity index is 580. The van der Waals surface area contributed by atoms with Crippen LogP contribution < -0.4 is 15.0 Å². The minimum absolute atomic E-state index is 0.478. The second kappa shape index (κ2) is 5.50. The number of hydrogen-bond donors (Lipinski definition) is 1. The van der Waals surface area contributed by atoms with Gasteiger partial charge in [0.15, 0.2) is 0 Å². The molecule has 1 N–H and O–H groups in total. The van der Waals surface area contributed by atoms with E-state index >= 15 is 0 Å². The van der Waals surface area contributed by atoms with Gasteiger partial charge >= 0.3 is 6.01 Å². The first-order valence-electron chi connectivity index (χ1n) is 6.70. The maximum Gasteiger partial charge on any atom is 0.322 e. The van der Waals surface area contributed by atoms with E-state index in [4.69, 9.17) is 9.15 Å². The molecule has 0 unspecified atom stereocenters. The zero-order chi connectivity index (χ0) is 13.9. The van der Waals surface area contributed by atoms with Crippen molar-refractivity contribution in [2.75, 3.05) is 19.1 Å². The number of ether oxygens (including phenoxy) is 1. The predicted octanol–water partition coefficient (Wildman–Crippen LogP) is 2.10. The van der Waals surface area contributed by atoms with E-state index in [1.165, 1.54) is 12.8 Å². The van der Waals surface area contributed by atoms with Crippen LogP contribution in [0.3, 0.4) is 0 Å². The van der Waals surface area contributed by atoms with E-state index in [-0.39, 0.29) is 0 Å². The van der Waals surface area contributed by atoms with E-state index in [0.29, 0.717) is 24.5 Å². The Morgan fingerprint density at radius 1 is 1.40 bits per heavy atom. The molecule has 0 spiro atoms. The van der Waals surface area contributed by atoms with E-state index in [2.05, 4.69) is 15.5 Å². The second-order valence-corrected chi connectivity index (χ2v) is 4.89. The molecule has 3 rings (SSSR count). The average molecular weight is 274 g/mol. The van der Waals surface area contributed by atoms with Crippen molar-refractivity contribution >= 4 is 11.7 Å². The standard InChI is InChI=1S/C14H18N4O2/c1-18(11-4-3-5-12(8-11)19-2)14-17-16-13(20-14)9-15-10-6-7-10/h3-5,8,10,15H,6-7,9H2,1-2H3. The number of methoxy groups -OCH3 is 1. The lowest BCUT2D eigenvalue weighted by Gasteiger charge is -2.14. The van der Waals surface area contributed by atoms with Crippen molar-refractivity contribution in [3.8, 4) is 5.75 Å². The van der Waals surface area contributed by atoms with E-state index in [0.717, 1.165) is 11.4 Å². The molecule has 20 heavy (non-hydrogen) atoms. The maximum atomic E-state index is 5.65.